The average Bonchev–Trinajstić information content (AvgIpc) is 3.46. The van der Waals surface area contributed by atoms with E-state index in [1.807, 2.05) is 23.6 Å². The number of aromatic amines is 2. The van der Waals surface area contributed by atoms with Crippen LogP contribution < -0.4 is 21.5 Å². The highest BCUT2D eigenvalue weighted by atomic mass is 32.1. The number of nitrogens with zero attached hydrogens (tertiary/aromatic N) is 3. The number of nitrogens with one attached hydrogen (secondary N) is 3. The zero-order chi connectivity index (χ0) is 24.9. The molecule has 184 valence electrons. The summed E-state index contributed by atoms with van der Waals surface area (Å²) in [4.78, 5) is 40.1. The number of alkyl halides is 3. The van der Waals surface area contributed by atoms with Crippen LogP contribution in [0, 0.1) is 0 Å². The largest absolute Gasteiger partial charge is 0.490 e. The van der Waals surface area contributed by atoms with Crippen molar-refractivity contribution in [2.45, 2.75) is 31.1 Å². The number of hydrogen-bond donors (Lipinski definition) is 5. The van der Waals surface area contributed by atoms with Gasteiger partial charge < -0.3 is 31.0 Å². The number of thiophene rings is 1. The number of aromatic nitrogens is 4. The molecule has 14 heteroatoms. The molecule has 3 aliphatic rings. The quantitative estimate of drug-likeness (QED) is 0.278. The lowest BCUT2D eigenvalue weighted by atomic mass is 9.93. The number of carboxylic acids is 1. The second-order valence-electron chi connectivity index (χ2n) is 8.32. The van der Waals surface area contributed by atoms with Gasteiger partial charge in [0.15, 0.2) is 5.65 Å². The minimum Gasteiger partial charge on any atom is -0.475 e. The third kappa shape index (κ3) is 4.30. The van der Waals surface area contributed by atoms with Crippen LogP contribution >= 0.6 is 11.3 Å². The molecule has 4 aromatic heterocycles. The zero-order valence-corrected chi connectivity index (χ0v) is 18.8. The Morgan fingerprint density at radius 3 is 2.60 bits per heavy atom. The molecule has 6 N–H and O–H groups in total. The summed E-state index contributed by atoms with van der Waals surface area (Å²) < 4.78 is 31.7. The topological polar surface area (TPSA) is 153 Å². The van der Waals surface area contributed by atoms with Gasteiger partial charge in [-0.1, -0.05) is 0 Å². The van der Waals surface area contributed by atoms with Crippen molar-refractivity contribution in [2.75, 3.05) is 23.7 Å². The minimum atomic E-state index is -5.08. The van der Waals surface area contributed by atoms with Gasteiger partial charge in [-0.3, -0.25) is 4.79 Å². The van der Waals surface area contributed by atoms with Crippen molar-refractivity contribution in [2.24, 2.45) is 0 Å². The third-order valence-corrected chi connectivity index (χ3v) is 6.96. The van der Waals surface area contributed by atoms with Gasteiger partial charge in [0.1, 0.15) is 22.0 Å². The van der Waals surface area contributed by atoms with Crippen LogP contribution in [-0.2, 0) is 4.79 Å². The van der Waals surface area contributed by atoms with E-state index in [0.717, 1.165) is 34.6 Å². The summed E-state index contributed by atoms with van der Waals surface area (Å²) in [5.74, 6) is -1.36. The van der Waals surface area contributed by atoms with E-state index >= 15 is 0 Å². The fourth-order valence-corrected chi connectivity index (χ4v) is 5.22. The highest BCUT2D eigenvalue weighted by Crippen LogP contribution is 2.32. The fourth-order valence-electron chi connectivity index (χ4n) is 4.43. The summed E-state index contributed by atoms with van der Waals surface area (Å²) in [6, 6.07) is 6.94. The summed E-state index contributed by atoms with van der Waals surface area (Å²) >= 11 is 1.46. The summed E-state index contributed by atoms with van der Waals surface area (Å²) in [7, 11) is 0. The highest BCUT2D eigenvalue weighted by Gasteiger charge is 2.38. The Hall–Kier alpha value is -3.65. The van der Waals surface area contributed by atoms with E-state index < -0.39 is 12.1 Å². The van der Waals surface area contributed by atoms with Crippen molar-refractivity contribution in [1.29, 1.82) is 0 Å². The van der Waals surface area contributed by atoms with Gasteiger partial charge >= 0.3 is 12.1 Å². The van der Waals surface area contributed by atoms with E-state index in [0.29, 0.717) is 34.8 Å². The van der Waals surface area contributed by atoms with Crippen LogP contribution in [0.25, 0.3) is 32.8 Å². The highest BCUT2D eigenvalue weighted by molar-refractivity contribution is 7.16. The maximum Gasteiger partial charge on any atom is 0.490 e. The molecule has 3 saturated heterocycles. The number of pyridine rings is 2. The molecule has 7 heterocycles. The minimum absolute atomic E-state index is 0.244. The van der Waals surface area contributed by atoms with Crippen molar-refractivity contribution >= 4 is 50.2 Å². The summed E-state index contributed by atoms with van der Waals surface area (Å²) in [6.45, 7) is 1.98. The van der Waals surface area contributed by atoms with Crippen LogP contribution in [-0.4, -0.2) is 62.4 Å². The van der Waals surface area contributed by atoms with Crippen molar-refractivity contribution in [3.05, 3.63) is 33.9 Å². The number of fused-ring (bicyclic) bond motifs is 5. The van der Waals surface area contributed by atoms with E-state index in [1.165, 1.54) is 24.2 Å². The lowest BCUT2D eigenvalue weighted by Gasteiger charge is -2.46. The Labute approximate surface area is 199 Å². The normalized spacial score (nSPS) is 19.7. The van der Waals surface area contributed by atoms with Crippen molar-refractivity contribution < 1.29 is 23.1 Å². The SMILES string of the molecule is Nc1c(-c2nc3nc(N4CC5CCC4CN5)ccc3[nH]2)c(=O)[nH]c2sccc12.O=C(O)C(F)(F)F. The predicted octanol–water partition coefficient (Wildman–Crippen LogP) is 2.68. The molecule has 0 aliphatic carbocycles. The molecule has 2 bridgehead atoms. The monoisotopic (exact) mass is 507 g/mol. The molecule has 0 aromatic carbocycles. The first-order chi connectivity index (χ1) is 16.6. The second kappa shape index (κ2) is 8.53. The molecule has 0 radical (unpaired) electrons. The number of nitrogen functional groups attached to an aromatic ring is 1. The Kier molecular flexibility index (Phi) is 5.63. The van der Waals surface area contributed by atoms with Gasteiger partial charge in [-0.2, -0.15) is 13.2 Å². The number of halogens is 3. The molecule has 4 aromatic rings. The summed E-state index contributed by atoms with van der Waals surface area (Å²) in [6.07, 6.45) is -2.67. The second-order valence-corrected chi connectivity index (χ2v) is 9.24. The number of rotatable bonds is 2. The molecule has 35 heavy (non-hydrogen) atoms. The molecule has 2 unspecified atom stereocenters. The first-order valence-corrected chi connectivity index (χ1v) is 11.6. The van der Waals surface area contributed by atoms with Gasteiger partial charge in [-0.25, -0.2) is 14.8 Å². The molecule has 7 rings (SSSR count). The molecule has 0 spiro atoms. The van der Waals surface area contributed by atoms with Crippen molar-refractivity contribution in [3.63, 3.8) is 0 Å². The molecular formula is C21H20F3N7O3S. The predicted molar refractivity (Wildman–Crippen MR) is 126 cm³/mol. The Morgan fingerprint density at radius 1 is 1.20 bits per heavy atom. The average molecular weight is 507 g/mol. The number of carboxylic acid groups (broad SMARTS) is 1. The number of anilines is 2. The summed E-state index contributed by atoms with van der Waals surface area (Å²) in [5, 5.41) is 13.4. The van der Waals surface area contributed by atoms with Crippen molar-refractivity contribution in [3.8, 4) is 11.4 Å². The molecular weight excluding hydrogens is 487 g/mol. The zero-order valence-electron chi connectivity index (χ0n) is 18.0. The van der Waals surface area contributed by atoms with E-state index in [1.54, 1.807) is 0 Å². The number of imidazole rings is 1. The number of nitrogens with two attached hydrogens (primary N) is 1. The molecule has 3 fully saturated rings. The van der Waals surface area contributed by atoms with Crippen molar-refractivity contribution in [1.82, 2.24) is 25.3 Å². The van der Waals surface area contributed by atoms with Gasteiger partial charge in [0, 0.05) is 30.6 Å². The number of piperazine rings is 1. The number of piperidine rings is 2. The van der Waals surface area contributed by atoms with E-state index in [4.69, 9.17) is 20.6 Å². The fraction of sp³-hybridized carbons (Fsp3) is 0.333. The van der Waals surface area contributed by atoms with Crippen LogP contribution in [0.4, 0.5) is 24.7 Å². The van der Waals surface area contributed by atoms with Crippen LogP contribution in [0.2, 0.25) is 0 Å². The smallest absolute Gasteiger partial charge is 0.475 e. The van der Waals surface area contributed by atoms with Crippen LogP contribution in [0.5, 0.6) is 0 Å². The van der Waals surface area contributed by atoms with Gasteiger partial charge in [0.05, 0.1) is 11.2 Å². The van der Waals surface area contributed by atoms with Gasteiger partial charge in [-0.05, 0) is 36.4 Å². The van der Waals surface area contributed by atoms with Gasteiger partial charge in [0.25, 0.3) is 5.56 Å². The Balaban J connectivity index is 0.000000320. The Morgan fingerprint density at radius 2 is 1.97 bits per heavy atom. The molecule has 3 aliphatic heterocycles. The van der Waals surface area contributed by atoms with Gasteiger partial charge in [-0.15, -0.1) is 11.3 Å². The Bertz CT molecular complexity index is 1470. The maximum absolute atomic E-state index is 12.6. The van der Waals surface area contributed by atoms with E-state index in [9.17, 15) is 18.0 Å². The van der Waals surface area contributed by atoms with E-state index in [2.05, 4.69) is 25.2 Å². The maximum atomic E-state index is 12.6. The van der Waals surface area contributed by atoms with Crippen LogP contribution in [0.3, 0.4) is 0 Å². The molecule has 10 nitrogen and oxygen atoms in total. The third-order valence-electron chi connectivity index (χ3n) is 6.13. The summed E-state index contributed by atoms with van der Waals surface area (Å²) in [5.41, 5.74) is 8.26. The molecule has 0 saturated carbocycles. The molecule has 0 amide bonds. The standard InChI is InChI=1S/C19H19N7OS.C2HF3O2/c20-15-11-5-6-28-19(11)25-18(27)14(15)17-22-12-3-4-13(23-16(12)24-17)26-8-9-1-2-10(26)7-21-9;3-2(4,5)1(6)7/h3-6,9-10,21H,1-2,7-8H2,(H3,20,25,27)(H,22,23,24);(H,6,7). The van der Waals surface area contributed by atoms with Crippen LogP contribution in [0.1, 0.15) is 12.8 Å². The number of H-pyrrole nitrogens is 2. The molecule has 2 atom stereocenters. The number of hydrogen-bond acceptors (Lipinski definition) is 8. The first-order valence-electron chi connectivity index (χ1n) is 10.7. The van der Waals surface area contributed by atoms with E-state index in [-0.39, 0.29) is 5.56 Å². The lowest BCUT2D eigenvalue weighted by Crippen LogP contribution is -2.61. The van der Waals surface area contributed by atoms with Crippen LogP contribution in [0.15, 0.2) is 28.4 Å². The van der Waals surface area contributed by atoms with Gasteiger partial charge in [0.2, 0.25) is 0 Å². The first kappa shape index (κ1) is 23.1. The number of carbonyl (C=O) groups is 1. The lowest BCUT2D eigenvalue weighted by molar-refractivity contribution is -0.192. The number of aliphatic carboxylic acids is 1.